The van der Waals surface area contributed by atoms with E-state index in [2.05, 4.69) is 138 Å². The van der Waals surface area contributed by atoms with Crippen molar-refractivity contribution < 1.29 is 4.68 Å². The van der Waals surface area contributed by atoms with Gasteiger partial charge < -0.3 is 0 Å². The maximum atomic E-state index is 5.29. The standard InChI is InChI=1S/C45H33N5/c1-4-11-31(12-5-1)30-50-45(48-44(49-50)35-15-8-3-9-16-35)36-21-19-32(20-22-36)37-23-24-41-40(29-37)42-38(33-13-6-2-7-14-33)17-10-18-39(42)43(47-41)34-25-27-46-28-26-34/h1-25,27-29,34H,26,30H2. The lowest BCUT2D eigenvalue weighted by molar-refractivity contribution is -0.737. The molecule has 0 spiro atoms. The molecule has 3 heterocycles. The summed E-state index contributed by atoms with van der Waals surface area (Å²) in [5.41, 5.74) is 9.97. The number of benzene rings is 6. The Labute approximate surface area is 291 Å². The molecule has 0 fully saturated rings. The molecule has 5 heteroatoms. The Morgan fingerprint density at radius 3 is 2.04 bits per heavy atom. The Kier molecular flexibility index (Phi) is 7.63. The third kappa shape index (κ3) is 5.59. The summed E-state index contributed by atoms with van der Waals surface area (Å²) in [6.07, 6.45) is 6.90. The van der Waals surface area contributed by atoms with Gasteiger partial charge in [0, 0.05) is 40.1 Å². The van der Waals surface area contributed by atoms with E-state index in [1.165, 1.54) is 27.5 Å². The van der Waals surface area contributed by atoms with E-state index in [1.54, 1.807) is 0 Å². The van der Waals surface area contributed by atoms with Gasteiger partial charge >= 0.3 is 5.82 Å². The van der Waals surface area contributed by atoms with Gasteiger partial charge in [0.05, 0.1) is 16.8 Å². The number of hydrogen-bond acceptors (Lipinski definition) is 3. The third-order valence-corrected chi connectivity index (χ3v) is 9.51. The van der Waals surface area contributed by atoms with Gasteiger partial charge in [0.15, 0.2) is 0 Å². The van der Waals surface area contributed by atoms with Gasteiger partial charge in [-0.3, -0.25) is 9.98 Å². The number of rotatable bonds is 7. The summed E-state index contributed by atoms with van der Waals surface area (Å²) in [7, 11) is 0. The molecule has 0 radical (unpaired) electrons. The fourth-order valence-electron chi connectivity index (χ4n) is 7.01. The summed E-state index contributed by atoms with van der Waals surface area (Å²) in [5.74, 6) is 1.75. The van der Waals surface area contributed by atoms with E-state index in [1.807, 2.05) is 41.4 Å². The highest BCUT2D eigenvalue weighted by Gasteiger charge is 2.22. The van der Waals surface area contributed by atoms with Crippen molar-refractivity contribution in [2.24, 2.45) is 4.99 Å². The molecule has 1 aliphatic rings. The van der Waals surface area contributed by atoms with Crippen LogP contribution >= 0.6 is 0 Å². The van der Waals surface area contributed by atoms with E-state index in [4.69, 9.17) is 15.1 Å². The molecule has 1 unspecified atom stereocenters. The normalized spacial score (nSPS) is 14.0. The van der Waals surface area contributed by atoms with E-state index < -0.39 is 0 Å². The number of aromatic nitrogens is 4. The Balaban J connectivity index is 1.15. The zero-order valence-corrected chi connectivity index (χ0v) is 27.4. The molecule has 0 saturated heterocycles. The van der Waals surface area contributed by atoms with Crippen molar-refractivity contribution in [3.63, 3.8) is 0 Å². The quantitative estimate of drug-likeness (QED) is 0.128. The average molecular weight is 644 g/mol. The van der Waals surface area contributed by atoms with Gasteiger partial charge in [-0.1, -0.05) is 133 Å². The second-order valence-electron chi connectivity index (χ2n) is 12.7. The Hall–Kier alpha value is -6.46. The second kappa shape index (κ2) is 12.9. The van der Waals surface area contributed by atoms with Crippen LogP contribution in [0.15, 0.2) is 169 Å². The molecule has 5 nitrogen and oxygen atoms in total. The van der Waals surface area contributed by atoms with Gasteiger partial charge in [-0.2, -0.15) is 0 Å². The SMILES string of the molecule is C1=CC(c2nc3ccc(-c4ccc(-c5nc(-c6ccccc6)[n-][n+]5Cc5ccccc5)cc4)cc3c3c(-c4ccccc4)cccc23)CC=N1. The predicted octanol–water partition coefficient (Wildman–Crippen LogP) is 9.82. The number of fused-ring (bicyclic) bond motifs is 3. The number of allylic oxidation sites excluding steroid dienone is 1. The smallest absolute Gasteiger partial charge is 0.269 e. The summed E-state index contributed by atoms with van der Waals surface area (Å²) in [6, 6.07) is 53.2. The number of hydrogen-bond donors (Lipinski definition) is 0. The highest BCUT2D eigenvalue weighted by atomic mass is 15.3. The van der Waals surface area contributed by atoms with Gasteiger partial charge in [0.2, 0.25) is 5.82 Å². The predicted molar refractivity (Wildman–Crippen MR) is 203 cm³/mol. The molecule has 0 bridgehead atoms. The van der Waals surface area contributed by atoms with Gasteiger partial charge in [0.1, 0.15) is 6.54 Å². The van der Waals surface area contributed by atoms with E-state index in [0.717, 1.165) is 56.9 Å². The van der Waals surface area contributed by atoms with Crippen LogP contribution in [0, 0.1) is 0 Å². The Bertz CT molecular complexity index is 2520. The first-order chi connectivity index (χ1) is 24.8. The van der Waals surface area contributed by atoms with Crippen molar-refractivity contribution in [3.05, 3.63) is 175 Å². The summed E-state index contributed by atoms with van der Waals surface area (Å²) in [6.45, 7) is 0.637. The largest absolute Gasteiger partial charge is 0.334 e. The lowest BCUT2D eigenvalue weighted by Gasteiger charge is -2.19. The minimum Gasteiger partial charge on any atom is -0.269 e. The van der Waals surface area contributed by atoms with E-state index in [9.17, 15) is 0 Å². The molecule has 0 N–H and O–H groups in total. The maximum absolute atomic E-state index is 5.29. The lowest BCUT2D eigenvalue weighted by atomic mass is 9.89. The first kappa shape index (κ1) is 29.7. The van der Waals surface area contributed by atoms with E-state index >= 15 is 0 Å². The lowest BCUT2D eigenvalue weighted by Crippen LogP contribution is -2.40. The molecule has 1 aliphatic heterocycles. The van der Waals surface area contributed by atoms with Crippen LogP contribution in [0.3, 0.4) is 0 Å². The molecule has 9 rings (SSSR count). The van der Waals surface area contributed by atoms with Crippen LogP contribution in [0.5, 0.6) is 0 Å². The highest BCUT2D eigenvalue weighted by Crippen LogP contribution is 2.40. The molecule has 238 valence electrons. The zero-order valence-electron chi connectivity index (χ0n) is 27.4. The Morgan fingerprint density at radius 1 is 0.600 bits per heavy atom. The van der Waals surface area contributed by atoms with Crippen LogP contribution in [0.4, 0.5) is 0 Å². The van der Waals surface area contributed by atoms with Crippen LogP contribution in [0.2, 0.25) is 0 Å². The van der Waals surface area contributed by atoms with Crippen LogP contribution < -0.4 is 9.78 Å². The molecule has 1 atom stereocenters. The molecule has 50 heavy (non-hydrogen) atoms. The summed E-state index contributed by atoms with van der Waals surface area (Å²) in [5, 5.41) is 8.52. The van der Waals surface area contributed by atoms with Gasteiger partial charge in [0.25, 0.3) is 0 Å². The number of nitrogens with zero attached hydrogens (tertiary/aromatic N) is 5. The van der Waals surface area contributed by atoms with Crippen molar-refractivity contribution in [1.82, 2.24) is 15.1 Å². The van der Waals surface area contributed by atoms with Crippen molar-refractivity contribution in [2.45, 2.75) is 18.9 Å². The molecule has 0 aliphatic carbocycles. The van der Waals surface area contributed by atoms with Crippen molar-refractivity contribution >= 4 is 27.9 Å². The summed E-state index contributed by atoms with van der Waals surface area (Å²) in [4.78, 5) is 14.7. The van der Waals surface area contributed by atoms with Crippen molar-refractivity contribution in [2.75, 3.05) is 0 Å². The summed E-state index contributed by atoms with van der Waals surface area (Å²) < 4.78 is 2.01. The highest BCUT2D eigenvalue weighted by molar-refractivity contribution is 6.15. The van der Waals surface area contributed by atoms with Crippen molar-refractivity contribution in [3.8, 4) is 45.0 Å². The fourth-order valence-corrected chi connectivity index (χ4v) is 7.01. The minimum atomic E-state index is 0.184. The number of aliphatic imine (C=N–C) groups is 1. The topological polar surface area (TPSA) is 56.1 Å². The van der Waals surface area contributed by atoms with E-state index in [-0.39, 0.29) is 5.92 Å². The summed E-state index contributed by atoms with van der Waals surface area (Å²) >= 11 is 0. The zero-order chi connectivity index (χ0) is 33.3. The Morgan fingerprint density at radius 2 is 1.30 bits per heavy atom. The molecule has 6 aromatic carbocycles. The third-order valence-electron chi connectivity index (χ3n) is 9.51. The minimum absolute atomic E-state index is 0.184. The fraction of sp³-hybridized carbons (Fsp3) is 0.0667. The number of pyridine rings is 1. The van der Waals surface area contributed by atoms with Crippen LogP contribution in [-0.2, 0) is 6.54 Å². The molecule has 0 amide bonds. The maximum Gasteiger partial charge on any atom is 0.334 e. The van der Waals surface area contributed by atoms with Crippen LogP contribution in [-0.4, -0.2) is 16.2 Å². The van der Waals surface area contributed by atoms with Crippen LogP contribution in [0.1, 0.15) is 23.6 Å². The van der Waals surface area contributed by atoms with Gasteiger partial charge in [-0.05, 0) is 63.5 Å². The first-order valence-electron chi connectivity index (χ1n) is 17.0. The molecule has 0 saturated carbocycles. The first-order valence-corrected chi connectivity index (χ1v) is 17.0. The molecular weight excluding hydrogens is 611 g/mol. The second-order valence-corrected chi connectivity index (χ2v) is 12.7. The van der Waals surface area contributed by atoms with Gasteiger partial charge in [-0.25, -0.2) is 9.78 Å². The molecule has 2 aromatic heterocycles. The monoisotopic (exact) mass is 643 g/mol. The van der Waals surface area contributed by atoms with E-state index in [0.29, 0.717) is 6.54 Å². The van der Waals surface area contributed by atoms with Crippen LogP contribution in [0.25, 0.3) is 66.7 Å². The average Bonchev–Trinajstić information content (AvgIpc) is 3.62. The molecule has 8 aromatic rings. The van der Waals surface area contributed by atoms with Crippen molar-refractivity contribution in [1.29, 1.82) is 0 Å². The molecular formula is C45H33N5. The van der Waals surface area contributed by atoms with Gasteiger partial charge in [-0.15, -0.1) is 0 Å².